The Bertz CT molecular complexity index is 773. The van der Waals surface area contributed by atoms with Gasteiger partial charge in [0.1, 0.15) is 5.75 Å². The van der Waals surface area contributed by atoms with E-state index >= 15 is 0 Å². The molecule has 1 aliphatic rings. The monoisotopic (exact) mass is 324 g/mol. The fourth-order valence-electron chi connectivity index (χ4n) is 2.95. The van der Waals surface area contributed by atoms with Crippen LogP contribution >= 0.6 is 0 Å². The van der Waals surface area contributed by atoms with Gasteiger partial charge in [-0.2, -0.15) is 0 Å². The smallest absolute Gasteiger partial charge is 0.232 e. The number of para-hydroxylation sites is 3. The molecule has 1 aliphatic heterocycles. The van der Waals surface area contributed by atoms with Crippen LogP contribution in [0.4, 0.5) is 11.4 Å². The molecule has 5 heteroatoms. The van der Waals surface area contributed by atoms with Gasteiger partial charge in [-0.1, -0.05) is 30.3 Å². The number of anilines is 2. The molecule has 124 valence electrons. The summed E-state index contributed by atoms with van der Waals surface area (Å²) in [6, 6.07) is 14.8. The highest BCUT2D eigenvalue weighted by molar-refractivity contribution is 6.06. The zero-order valence-electron chi connectivity index (χ0n) is 13.8. The second kappa shape index (κ2) is 6.74. The number of carbonyl (C=O) groups excluding carboxylic acids is 2. The zero-order chi connectivity index (χ0) is 17.1. The van der Waals surface area contributed by atoms with E-state index in [0.717, 1.165) is 11.3 Å². The SMILES string of the molecule is CCOc1ccccc1NC(=O)C1CC(=O)N(C)c2ccccc21. The lowest BCUT2D eigenvalue weighted by molar-refractivity contribution is -0.124. The van der Waals surface area contributed by atoms with E-state index in [4.69, 9.17) is 4.74 Å². The van der Waals surface area contributed by atoms with Crippen LogP contribution in [0.3, 0.4) is 0 Å². The molecule has 0 spiro atoms. The first-order valence-electron chi connectivity index (χ1n) is 8.00. The van der Waals surface area contributed by atoms with Crippen molar-refractivity contribution in [3.8, 4) is 5.75 Å². The Kier molecular flexibility index (Phi) is 4.51. The van der Waals surface area contributed by atoms with Gasteiger partial charge in [0.25, 0.3) is 0 Å². The predicted octanol–water partition coefficient (Wildman–Crippen LogP) is 3.17. The molecule has 1 N–H and O–H groups in total. The molecule has 0 fully saturated rings. The maximum atomic E-state index is 12.8. The number of hydrogen-bond acceptors (Lipinski definition) is 3. The number of carbonyl (C=O) groups is 2. The van der Waals surface area contributed by atoms with Gasteiger partial charge in [0.05, 0.1) is 18.2 Å². The molecule has 0 aliphatic carbocycles. The second-order valence-electron chi connectivity index (χ2n) is 5.69. The zero-order valence-corrected chi connectivity index (χ0v) is 13.8. The van der Waals surface area contributed by atoms with Gasteiger partial charge in [-0.3, -0.25) is 9.59 Å². The molecule has 0 radical (unpaired) electrons. The van der Waals surface area contributed by atoms with Crippen molar-refractivity contribution < 1.29 is 14.3 Å². The van der Waals surface area contributed by atoms with Crippen molar-refractivity contribution in [2.75, 3.05) is 23.9 Å². The summed E-state index contributed by atoms with van der Waals surface area (Å²) in [6.07, 6.45) is 0.163. The third-order valence-corrected chi connectivity index (χ3v) is 4.19. The van der Waals surface area contributed by atoms with Crippen molar-refractivity contribution in [3.05, 3.63) is 54.1 Å². The van der Waals surface area contributed by atoms with Crippen LogP contribution in [0.15, 0.2) is 48.5 Å². The van der Waals surface area contributed by atoms with E-state index in [1.54, 1.807) is 18.0 Å². The Balaban J connectivity index is 1.88. The number of amides is 2. The van der Waals surface area contributed by atoms with Gasteiger partial charge in [-0.15, -0.1) is 0 Å². The van der Waals surface area contributed by atoms with E-state index in [9.17, 15) is 9.59 Å². The maximum Gasteiger partial charge on any atom is 0.232 e. The molecular formula is C19H20N2O3. The highest BCUT2D eigenvalue weighted by Crippen LogP contribution is 2.36. The quantitative estimate of drug-likeness (QED) is 0.940. The van der Waals surface area contributed by atoms with E-state index in [1.807, 2.05) is 49.4 Å². The fraction of sp³-hybridized carbons (Fsp3) is 0.263. The summed E-state index contributed by atoms with van der Waals surface area (Å²) in [4.78, 5) is 26.6. The average Bonchev–Trinajstić information content (AvgIpc) is 2.60. The molecule has 2 aromatic rings. The van der Waals surface area contributed by atoms with Gasteiger partial charge >= 0.3 is 0 Å². The van der Waals surface area contributed by atoms with Gasteiger partial charge < -0.3 is 15.0 Å². The average molecular weight is 324 g/mol. The highest BCUT2D eigenvalue weighted by atomic mass is 16.5. The van der Waals surface area contributed by atoms with Crippen molar-refractivity contribution in [3.63, 3.8) is 0 Å². The first-order valence-corrected chi connectivity index (χ1v) is 8.00. The van der Waals surface area contributed by atoms with Gasteiger partial charge in [0, 0.05) is 19.2 Å². The van der Waals surface area contributed by atoms with Crippen LogP contribution in [0.5, 0.6) is 5.75 Å². The third kappa shape index (κ3) is 2.97. The normalized spacial score (nSPS) is 16.5. The van der Waals surface area contributed by atoms with Crippen molar-refractivity contribution in [1.82, 2.24) is 0 Å². The van der Waals surface area contributed by atoms with Crippen LogP contribution < -0.4 is 15.0 Å². The Morgan fingerprint density at radius 1 is 1.21 bits per heavy atom. The first-order chi connectivity index (χ1) is 11.6. The van der Waals surface area contributed by atoms with Crippen LogP contribution in [0.2, 0.25) is 0 Å². The number of nitrogens with one attached hydrogen (secondary N) is 1. The Hall–Kier alpha value is -2.82. The number of benzene rings is 2. The summed E-state index contributed by atoms with van der Waals surface area (Å²) in [7, 11) is 1.74. The Morgan fingerprint density at radius 3 is 2.71 bits per heavy atom. The summed E-state index contributed by atoms with van der Waals surface area (Å²) >= 11 is 0. The molecule has 24 heavy (non-hydrogen) atoms. The van der Waals surface area contributed by atoms with E-state index in [2.05, 4.69) is 5.32 Å². The number of fused-ring (bicyclic) bond motifs is 1. The largest absolute Gasteiger partial charge is 0.492 e. The van der Waals surface area contributed by atoms with Crippen LogP contribution in [-0.4, -0.2) is 25.5 Å². The predicted molar refractivity (Wildman–Crippen MR) is 93.5 cm³/mol. The second-order valence-corrected chi connectivity index (χ2v) is 5.69. The number of ether oxygens (including phenoxy) is 1. The molecule has 0 saturated heterocycles. The number of rotatable bonds is 4. The number of nitrogens with zero attached hydrogens (tertiary/aromatic N) is 1. The summed E-state index contributed by atoms with van der Waals surface area (Å²) in [5, 5.41) is 2.91. The maximum absolute atomic E-state index is 12.8. The van der Waals surface area contributed by atoms with Crippen LogP contribution in [-0.2, 0) is 9.59 Å². The minimum absolute atomic E-state index is 0.0630. The molecular weight excluding hydrogens is 304 g/mol. The molecule has 0 aromatic heterocycles. The lowest BCUT2D eigenvalue weighted by Crippen LogP contribution is -2.37. The first kappa shape index (κ1) is 16.1. The topological polar surface area (TPSA) is 58.6 Å². The van der Waals surface area contributed by atoms with Crippen molar-refractivity contribution >= 4 is 23.2 Å². The molecule has 3 rings (SSSR count). The standard InChI is InChI=1S/C19H20N2O3/c1-3-24-17-11-7-5-9-15(17)20-19(23)14-12-18(22)21(2)16-10-6-4-8-13(14)16/h4-11,14H,3,12H2,1-2H3,(H,20,23). The minimum Gasteiger partial charge on any atom is -0.492 e. The summed E-state index contributed by atoms with van der Waals surface area (Å²) in [5.41, 5.74) is 2.27. The molecule has 2 aromatic carbocycles. The summed E-state index contributed by atoms with van der Waals surface area (Å²) in [5.74, 6) is -0.136. The highest BCUT2D eigenvalue weighted by Gasteiger charge is 2.33. The van der Waals surface area contributed by atoms with Crippen molar-refractivity contribution in [2.45, 2.75) is 19.3 Å². The van der Waals surface area contributed by atoms with Crippen LogP contribution in [0, 0.1) is 0 Å². The lowest BCUT2D eigenvalue weighted by Gasteiger charge is -2.31. The van der Waals surface area contributed by atoms with Crippen molar-refractivity contribution in [2.24, 2.45) is 0 Å². The molecule has 2 amide bonds. The summed E-state index contributed by atoms with van der Waals surface area (Å²) < 4.78 is 5.54. The fourth-order valence-corrected chi connectivity index (χ4v) is 2.95. The Labute approximate surface area is 141 Å². The Morgan fingerprint density at radius 2 is 1.92 bits per heavy atom. The summed E-state index contributed by atoms with van der Waals surface area (Å²) in [6.45, 7) is 2.41. The van der Waals surface area contributed by atoms with Crippen LogP contribution in [0.1, 0.15) is 24.8 Å². The lowest BCUT2D eigenvalue weighted by atomic mass is 9.89. The van der Waals surface area contributed by atoms with Gasteiger partial charge in [-0.05, 0) is 30.7 Å². The molecule has 0 saturated carbocycles. The van der Waals surface area contributed by atoms with Crippen LogP contribution in [0.25, 0.3) is 0 Å². The van der Waals surface area contributed by atoms with Gasteiger partial charge in [0.2, 0.25) is 11.8 Å². The third-order valence-electron chi connectivity index (χ3n) is 4.19. The van der Waals surface area contributed by atoms with E-state index in [1.165, 1.54) is 0 Å². The minimum atomic E-state index is -0.500. The van der Waals surface area contributed by atoms with E-state index in [-0.39, 0.29) is 18.2 Å². The van der Waals surface area contributed by atoms with E-state index in [0.29, 0.717) is 18.0 Å². The molecule has 1 unspecified atom stereocenters. The van der Waals surface area contributed by atoms with Gasteiger partial charge in [-0.25, -0.2) is 0 Å². The number of hydrogen-bond donors (Lipinski definition) is 1. The van der Waals surface area contributed by atoms with E-state index < -0.39 is 5.92 Å². The van der Waals surface area contributed by atoms with Gasteiger partial charge in [0.15, 0.2) is 0 Å². The molecule has 0 bridgehead atoms. The molecule has 5 nitrogen and oxygen atoms in total. The molecule has 1 heterocycles. The van der Waals surface area contributed by atoms with Crippen molar-refractivity contribution in [1.29, 1.82) is 0 Å². The molecule has 1 atom stereocenters.